The van der Waals surface area contributed by atoms with Gasteiger partial charge in [0.15, 0.2) is 5.17 Å². The number of hydrogen-bond donors (Lipinski definition) is 0. The van der Waals surface area contributed by atoms with E-state index in [1.54, 1.807) is 11.0 Å². The van der Waals surface area contributed by atoms with Gasteiger partial charge in [-0.25, -0.2) is 4.39 Å². The van der Waals surface area contributed by atoms with Gasteiger partial charge < -0.3 is 4.74 Å². The molecule has 1 aliphatic heterocycles. The first kappa shape index (κ1) is 19.4. The molecule has 0 N–H and O–H groups in total. The summed E-state index contributed by atoms with van der Waals surface area (Å²) in [6.07, 6.45) is 0.571. The first-order valence-corrected chi connectivity index (χ1v) is 9.98. The minimum Gasteiger partial charge on any atom is -0.489 e. The van der Waals surface area contributed by atoms with E-state index in [-0.39, 0.29) is 23.6 Å². The second kappa shape index (κ2) is 9.04. The predicted molar refractivity (Wildman–Crippen MR) is 108 cm³/mol. The molecule has 4 nitrogen and oxygen atoms in total. The van der Waals surface area contributed by atoms with E-state index in [2.05, 4.69) is 4.99 Å². The van der Waals surface area contributed by atoms with Gasteiger partial charge in [0.25, 0.3) is 0 Å². The van der Waals surface area contributed by atoms with E-state index in [4.69, 9.17) is 4.74 Å². The molecule has 0 spiro atoms. The second-order valence-corrected chi connectivity index (χ2v) is 7.35. The molecule has 1 fully saturated rings. The summed E-state index contributed by atoms with van der Waals surface area (Å²) >= 11 is 1.52. The molecular weight excluding hydrogens is 363 g/mol. The quantitative estimate of drug-likeness (QED) is 0.713. The SMILES string of the molecule is CCN=C1S[C@H](Cc2ccccc2OCc2cccc(F)c2)C(=O)N1CC. The highest BCUT2D eigenvalue weighted by atomic mass is 32.2. The Bertz CT molecular complexity index is 840. The van der Waals surface area contributed by atoms with Gasteiger partial charge in [-0.1, -0.05) is 42.1 Å². The minimum absolute atomic E-state index is 0.0923. The Morgan fingerprint density at radius 3 is 2.74 bits per heavy atom. The van der Waals surface area contributed by atoms with E-state index >= 15 is 0 Å². The lowest BCUT2D eigenvalue weighted by Crippen LogP contribution is -2.32. The molecule has 1 aliphatic rings. The fourth-order valence-corrected chi connectivity index (χ4v) is 4.28. The van der Waals surface area contributed by atoms with Gasteiger partial charge in [-0.15, -0.1) is 0 Å². The second-order valence-electron chi connectivity index (χ2n) is 6.18. The Kier molecular flexibility index (Phi) is 6.50. The van der Waals surface area contributed by atoms with E-state index in [0.29, 0.717) is 19.5 Å². The summed E-state index contributed by atoms with van der Waals surface area (Å²) in [6.45, 7) is 5.49. The number of hydrogen-bond acceptors (Lipinski definition) is 4. The molecule has 0 bridgehead atoms. The van der Waals surface area contributed by atoms with Gasteiger partial charge >= 0.3 is 0 Å². The monoisotopic (exact) mass is 386 g/mol. The summed E-state index contributed by atoms with van der Waals surface area (Å²) in [5.74, 6) is 0.536. The van der Waals surface area contributed by atoms with Crippen LogP contribution in [0, 0.1) is 5.82 Å². The van der Waals surface area contributed by atoms with Crippen molar-refractivity contribution in [3.63, 3.8) is 0 Å². The van der Waals surface area contributed by atoms with Crippen LogP contribution in [0.2, 0.25) is 0 Å². The molecular formula is C21H23FN2O2S. The predicted octanol–water partition coefficient (Wildman–Crippen LogP) is 4.29. The van der Waals surface area contributed by atoms with Gasteiger partial charge in [-0.2, -0.15) is 0 Å². The van der Waals surface area contributed by atoms with Crippen molar-refractivity contribution < 1.29 is 13.9 Å². The molecule has 27 heavy (non-hydrogen) atoms. The number of rotatable bonds is 7. The Morgan fingerprint density at radius 1 is 1.19 bits per heavy atom. The van der Waals surface area contributed by atoms with Gasteiger partial charge in [0.1, 0.15) is 18.2 Å². The molecule has 1 heterocycles. The topological polar surface area (TPSA) is 41.9 Å². The molecule has 0 radical (unpaired) electrons. The van der Waals surface area contributed by atoms with Gasteiger partial charge in [-0.05, 0) is 49.6 Å². The zero-order valence-electron chi connectivity index (χ0n) is 15.5. The molecule has 6 heteroatoms. The molecule has 1 atom stereocenters. The molecule has 142 valence electrons. The summed E-state index contributed by atoms with van der Waals surface area (Å²) < 4.78 is 19.3. The minimum atomic E-state index is -0.278. The zero-order valence-corrected chi connectivity index (χ0v) is 16.3. The number of ether oxygens (including phenoxy) is 1. The number of benzene rings is 2. The number of amides is 1. The van der Waals surface area contributed by atoms with Crippen LogP contribution in [0.5, 0.6) is 5.75 Å². The van der Waals surface area contributed by atoms with Gasteiger partial charge in [0, 0.05) is 13.1 Å². The number of thioether (sulfide) groups is 1. The molecule has 0 unspecified atom stereocenters. The number of carbonyl (C=O) groups excluding carboxylic acids is 1. The van der Waals surface area contributed by atoms with Crippen LogP contribution < -0.4 is 4.74 Å². The van der Waals surface area contributed by atoms with Crippen LogP contribution in [0.25, 0.3) is 0 Å². The van der Waals surface area contributed by atoms with E-state index in [1.165, 1.54) is 23.9 Å². The zero-order chi connectivity index (χ0) is 19.2. The molecule has 0 aromatic heterocycles. The smallest absolute Gasteiger partial charge is 0.242 e. The molecule has 2 aromatic rings. The fourth-order valence-electron chi connectivity index (χ4n) is 2.99. The maximum atomic E-state index is 13.3. The van der Waals surface area contributed by atoms with Crippen molar-refractivity contribution in [3.05, 3.63) is 65.5 Å². The first-order valence-electron chi connectivity index (χ1n) is 9.10. The van der Waals surface area contributed by atoms with E-state index < -0.39 is 0 Å². The van der Waals surface area contributed by atoms with Crippen LogP contribution in [0.1, 0.15) is 25.0 Å². The van der Waals surface area contributed by atoms with Crippen LogP contribution in [0.4, 0.5) is 4.39 Å². The molecule has 2 aromatic carbocycles. The summed E-state index contributed by atoms with van der Waals surface area (Å²) in [4.78, 5) is 18.9. The standard InChI is InChI=1S/C21H23FN2O2S/c1-3-23-21-24(4-2)20(25)19(27-21)13-16-9-5-6-11-18(16)26-14-15-8-7-10-17(22)12-15/h5-12,19H,3-4,13-14H2,1-2H3/t19-/m1/s1. The van der Waals surface area contributed by atoms with Crippen molar-refractivity contribution in [1.82, 2.24) is 4.90 Å². The molecule has 0 saturated carbocycles. The third-order valence-electron chi connectivity index (χ3n) is 4.29. The largest absolute Gasteiger partial charge is 0.489 e. The van der Waals surface area contributed by atoms with E-state index in [0.717, 1.165) is 22.0 Å². The lowest BCUT2D eigenvalue weighted by atomic mass is 10.1. The van der Waals surface area contributed by atoms with Gasteiger partial charge in [-0.3, -0.25) is 14.7 Å². The molecule has 3 rings (SSSR count). The normalized spacial score (nSPS) is 18.3. The summed E-state index contributed by atoms with van der Waals surface area (Å²) in [5.41, 5.74) is 1.74. The summed E-state index contributed by atoms with van der Waals surface area (Å²) in [6, 6.07) is 14.1. The third-order valence-corrected chi connectivity index (χ3v) is 5.50. The fraction of sp³-hybridized carbons (Fsp3) is 0.333. The summed E-state index contributed by atoms with van der Waals surface area (Å²) in [7, 11) is 0. The highest BCUT2D eigenvalue weighted by Crippen LogP contribution is 2.32. The maximum absolute atomic E-state index is 13.3. The van der Waals surface area contributed by atoms with Gasteiger partial charge in [0.05, 0.1) is 5.25 Å². The highest BCUT2D eigenvalue weighted by Gasteiger charge is 2.37. The van der Waals surface area contributed by atoms with E-state index in [1.807, 2.05) is 44.2 Å². The van der Waals surface area contributed by atoms with Crippen LogP contribution in [-0.2, 0) is 17.8 Å². The van der Waals surface area contributed by atoms with Crippen LogP contribution in [0.15, 0.2) is 53.5 Å². The van der Waals surface area contributed by atoms with Gasteiger partial charge in [0.2, 0.25) is 5.91 Å². The van der Waals surface area contributed by atoms with Crippen LogP contribution in [-0.4, -0.2) is 34.3 Å². The molecule has 1 amide bonds. The number of aliphatic imine (C=N–C) groups is 1. The third kappa shape index (κ3) is 4.69. The number of nitrogens with zero attached hydrogens (tertiary/aromatic N) is 2. The van der Waals surface area contributed by atoms with E-state index in [9.17, 15) is 9.18 Å². The first-order chi connectivity index (χ1) is 13.1. The van der Waals surface area contributed by atoms with Crippen LogP contribution in [0.3, 0.4) is 0 Å². The number of carbonyl (C=O) groups is 1. The maximum Gasteiger partial charge on any atom is 0.242 e. The van der Waals surface area contributed by atoms with Crippen molar-refractivity contribution >= 4 is 22.8 Å². The number of para-hydroxylation sites is 1. The average molecular weight is 386 g/mol. The average Bonchev–Trinajstić information content (AvgIpc) is 2.96. The lowest BCUT2D eigenvalue weighted by molar-refractivity contribution is -0.126. The highest BCUT2D eigenvalue weighted by molar-refractivity contribution is 8.15. The molecule has 0 aliphatic carbocycles. The van der Waals surface area contributed by atoms with Crippen molar-refractivity contribution in [2.24, 2.45) is 4.99 Å². The number of amidine groups is 1. The van der Waals surface area contributed by atoms with Crippen molar-refractivity contribution in [1.29, 1.82) is 0 Å². The lowest BCUT2D eigenvalue weighted by Gasteiger charge is -2.15. The summed E-state index contributed by atoms with van der Waals surface area (Å²) in [5, 5.41) is 0.599. The van der Waals surface area contributed by atoms with Crippen molar-refractivity contribution in [2.75, 3.05) is 13.1 Å². The molecule has 1 saturated heterocycles. The van der Waals surface area contributed by atoms with Crippen LogP contribution >= 0.6 is 11.8 Å². The van der Waals surface area contributed by atoms with Crippen molar-refractivity contribution in [2.45, 2.75) is 32.1 Å². The Hall–Kier alpha value is -2.34. The Balaban J connectivity index is 1.72. The number of halogens is 1. The Morgan fingerprint density at radius 2 is 2.00 bits per heavy atom. The Labute approximate surface area is 163 Å². The van der Waals surface area contributed by atoms with Crippen molar-refractivity contribution in [3.8, 4) is 5.75 Å².